The second-order valence-electron chi connectivity index (χ2n) is 7.03. The quantitative estimate of drug-likeness (QED) is 0.839. The molecule has 1 aliphatic heterocycles. The Morgan fingerprint density at radius 2 is 1.65 bits per heavy atom. The van der Waals surface area contributed by atoms with Gasteiger partial charge in [0, 0.05) is 0 Å². The zero-order valence-electron chi connectivity index (χ0n) is 15.0. The van der Waals surface area contributed by atoms with Crippen LogP contribution in [0.1, 0.15) is 19.4 Å². The summed E-state index contributed by atoms with van der Waals surface area (Å²) in [5, 5.41) is -0.810. The second-order valence-corrected chi connectivity index (χ2v) is 9.20. The maximum Gasteiger partial charge on any atom is 0.183 e. The predicted octanol–water partition coefficient (Wildman–Crippen LogP) is 2.55. The molecule has 5 nitrogen and oxygen atoms in total. The van der Waals surface area contributed by atoms with Crippen molar-refractivity contribution in [3.8, 4) is 0 Å². The van der Waals surface area contributed by atoms with Gasteiger partial charge >= 0.3 is 0 Å². The van der Waals surface area contributed by atoms with E-state index in [4.69, 9.17) is 15.2 Å². The number of ether oxygens (including phenoxy) is 2. The number of benzene rings is 2. The fraction of sp³-hybridized carbons (Fsp3) is 0.400. The van der Waals surface area contributed by atoms with Gasteiger partial charge in [0.25, 0.3) is 0 Å². The molecule has 3 atom stereocenters. The third kappa shape index (κ3) is 4.15. The van der Waals surface area contributed by atoms with Gasteiger partial charge in [-0.15, -0.1) is 0 Å². The lowest BCUT2D eigenvalue weighted by molar-refractivity contribution is -0.140. The molecule has 6 heteroatoms. The summed E-state index contributed by atoms with van der Waals surface area (Å²) < 4.78 is 38.1. The van der Waals surface area contributed by atoms with Gasteiger partial charge in [-0.1, -0.05) is 48.5 Å². The van der Waals surface area contributed by atoms with Crippen LogP contribution in [-0.2, 0) is 25.7 Å². The molecule has 1 heterocycles. The van der Waals surface area contributed by atoms with Crippen molar-refractivity contribution in [1.29, 1.82) is 0 Å². The third-order valence-electron chi connectivity index (χ3n) is 4.64. The summed E-state index contributed by atoms with van der Waals surface area (Å²) in [5.41, 5.74) is 7.35. The third-order valence-corrected chi connectivity index (χ3v) is 6.85. The summed E-state index contributed by atoms with van der Waals surface area (Å²) >= 11 is 0. The van der Waals surface area contributed by atoms with Gasteiger partial charge in [-0.05, 0) is 38.0 Å². The lowest BCUT2D eigenvalue weighted by atomic mass is 10.0. The molecule has 1 aliphatic rings. The summed E-state index contributed by atoms with van der Waals surface area (Å²) in [6.07, 6.45) is -0.156. The molecule has 0 aromatic heterocycles. The molecule has 2 aromatic rings. The number of rotatable bonds is 6. The van der Waals surface area contributed by atoms with E-state index in [1.165, 1.54) is 0 Å². The molecule has 0 unspecified atom stereocenters. The summed E-state index contributed by atoms with van der Waals surface area (Å²) in [5.74, 6) is -0.754. The molecule has 0 bridgehead atoms. The molecule has 3 rings (SSSR count). The van der Waals surface area contributed by atoms with Crippen molar-refractivity contribution in [2.75, 3.05) is 6.61 Å². The summed E-state index contributed by atoms with van der Waals surface area (Å²) in [4.78, 5) is 0.273. The molecule has 0 radical (unpaired) electrons. The standard InChI is InChI=1S/C20H25NO4S/c1-20(2)24-14-17(25-20)19(21)18(13-15-9-5-3-6-10-15)26(22,23)16-11-7-4-8-12-16/h3-12,17-19H,13-14,21H2,1-2H3/t17-,18-,19+/m1/s1. The Morgan fingerprint density at radius 3 is 2.19 bits per heavy atom. The van der Waals surface area contributed by atoms with E-state index >= 15 is 0 Å². The minimum Gasteiger partial charge on any atom is -0.348 e. The van der Waals surface area contributed by atoms with Gasteiger partial charge in [-0.3, -0.25) is 0 Å². The van der Waals surface area contributed by atoms with Crippen molar-refractivity contribution in [1.82, 2.24) is 0 Å². The Labute approximate surface area is 155 Å². The van der Waals surface area contributed by atoms with Crippen LogP contribution in [0, 0.1) is 0 Å². The second kappa shape index (κ2) is 7.48. The van der Waals surface area contributed by atoms with Crippen LogP contribution >= 0.6 is 0 Å². The van der Waals surface area contributed by atoms with Gasteiger partial charge in [0.05, 0.1) is 22.8 Å². The fourth-order valence-electron chi connectivity index (χ4n) is 3.23. The number of hydrogen-bond donors (Lipinski definition) is 1. The molecule has 1 fully saturated rings. The minimum absolute atomic E-state index is 0.273. The van der Waals surface area contributed by atoms with Gasteiger partial charge in [-0.25, -0.2) is 8.42 Å². The molecule has 2 N–H and O–H groups in total. The molecule has 140 valence electrons. The number of nitrogens with two attached hydrogens (primary N) is 1. The van der Waals surface area contributed by atoms with E-state index < -0.39 is 33.0 Å². The molecule has 26 heavy (non-hydrogen) atoms. The van der Waals surface area contributed by atoms with Gasteiger partial charge in [0.1, 0.15) is 6.10 Å². The van der Waals surface area contributed by atoms with Crippen LogP contribution in [0.2, 0.25) is 0 Å². The molecular weight excluding hydrogens is 350 g/mol. The first kappa shape index (κ1) is 19.0. The van der Waals surface area contributed by atoms with E-state index in [2.05, 4.69) is 0 Å². The van der Waals surface area contributed by atoms with Crippen molar-refractivity contribution >= 4 is 9.84 Å². The molecular formula is C20H25NO4S. The predicted molar refractivity (Wildman–Crippen MR) is 100 cm³/mol. The van der Waals surface area contributed by atoms with Crippen LogP contribution in [0.4, 0.5) is 0 Å². The highest BCUT2D eigenvalue weighted by atomic mass is 32.2. The molecule has 0 aliphatic carbocycles. The van der Waals surface area contributed by atoms with Gasteiger partial charge in [0.15, 0.2) is 15.6 Å². The topological polar surface area (TPSA) is 78.6 Å². The lowest BCUT2D eigenvalue weighted by Gasteiger charge is -2.28. The van der Waals surface area contributed by atoms with Gasteiger partial charge in [0.2, 0.25) is 0 Å². The Hall–Kier alpha value is -1.73. The first-order valence-corrected chi connectivity index (χ1v) is 10.2. The highest BCUT2D eigenvalue weighted by Gasteiger charge is 2.43. The van der Waals surface area contributed by atoms with Crippen LogP contribution in [0.25, 0.3) is 0 Å². The maximum absolute atomic E-state index is 13.3. The molecule has 0 saturated carbocycles. The number of sulfone groups is 1. The molecule has 0 spiro atoms. The normalized spacial score (nSPS) is 22.0. The van der Waals surface area contributed by atoms with Crippen molar-refractivity contribution in [2.24, 2.45) is 5.73 Å². The highest BCUT2D eigenvalue weighted by molar-refractivity contribution is 7.92. The minimum atomic E-state index is -3.63. The van der Waals surface area contributed by atoms with Crippen molar-refractivity contribution in [3.05, 3.63) is 66.2 Å². The molecule has 2 aromatic carbocycles. The zero-order valence-corrected chi connectivity index (χ0v) is 15.9. The average Bonchev–Trinajstić information content (AvgIpc) is 3.00. The monoisotopic (exact) mass is 375 g/mol. The van der Waals surface area contributed by atoms with E-state index in [-0.39, 0.29) is 11.5 Å². The smallest absolute Gasteiger partial charge is 0.183 e. The van der Waals surface area contributed by atoms with Crippen LogP contribution in [0.15, 0.2) is 65.6 Å². The van der Waals surface area contributed by atoms with Crippen molar-refractivity contribution in [2.45, 2.75) is 48.3 Å². The lowest BCUT2D eigenvalue weighted by Crippen LogP contribution is -2.51. The maximum atomic E-state index is 13.3. The van der Waals surface area contributed by atoms with Gasteiger partial charge in [-0.2, -0.15) is 0 Å². The van der Waals surface area contributed by atoms with Crippen molar-refractivity contribution < 1.29 is 17.9 Å². The average molecular weight is 375 g/mol. The molecule has 0 amide bonds. The first-order chi connectivity index (χ1) is 12.3. The van der Waals surface area contributed by atoms with E-state index in [9.17, 15) is 8.42 Å². The largest absolute Gasteiger partial charge is 0.348 e. The van der Waals surface area contributed by atoms with Gasteiger partial charge < -0.3 is 15.2 Å². The van der Waals surface area contributed by atoms with E-state index in [1.807, 2.05) is 30.3 Å². The Kier molecular flexibility index (Phi) is 5.48. The van der Waals surface area contributed by atoms with Crippen LogP contribution in [-0.4, -0.2) is 38.2 Å². The Morgan fingerprint density at radius 1 is 1.08 bits per heavy atom. The van der Waals surface area contributed by atoms with Crippen LogP contribution < -0.4 is 5.73 Å². The van der Waals surface area contributed by atoms with Crippen molar-refractivity contribution in [3.63, 3.8) is 0 Å². The number of hydrogen-bond acceptors (Lipinski definition) is 5. The van der Waals surface area contributed by atoms with Crippen LogP contribution in [0.5, 0.6) is 0 Å². The summed E-state index contributed by atoms with van der Waals surface area (Å²) in [6.45, 7) is 3.89. The summed E-state index contributed by atoms with van der Waals surface area (Å²) in [6, 6.07) is 17.3. The van der Waals surface area contributed by atoms with E-state index in [0.717, 1.165) is 5.56 Å². The first-order valence-electron chi connectivity index (χ1n) is 8.70. The van der Waals surface area contributed by atoms with E-state index in [1.54, 1.807) is 44.2 Å². The zero-order chi connectivity index (χ0) is 18.8. The summed E-state index contributed by atoms with van der Waals surface area (Å²) in [7, 11) is -3.63. The highest BCUT2D eigenvalue weighted by Crippen LogP contribution is 2.29. The van der Waals surface area contributed by atoms with E-state index in [0.29, 0.717) is 6.42 Å². The van der Waals surface area contributed by atoms with Crippen LogP contribution in [0.3, 0.4) is 0 Å². The fourth-order valence-corrected chi connectivity index (χ4v) is 5.12. The Balaban J connectivity index is 1.94. The molecule has 1 saturated heterocycles. The SMILES string of the molecule is CC1(C)OC[C@H]([C@H](N)[C@@H](Cc2ccccc2)S(=O)(=O)c2ccccc2)O1. The Bertz CT molecular complexity index is 821.